The molecular weight excluding hydrogens is 524 g/mol. The molecule has 0 bridgehead atoms. The molecule has 9 nitrogen and oxygen atoms in total. The number of benzene rings is 1. The molecule has 3 heterocycles. The third-order valence-electron chi connectivity index (χ3n) is 7.40. The van der Waals surface area contributed by atoms with Crippen molar-refractivity contribution in [3.05, 3.63) is 83.2 Å². The Morgan fingerprint density at radius 2 is 1.93 bits per heavy atom. The Labute approximate surface area is 239 Å². The molecule has 1 saturated heterocycles. The fourth-order valence-electron chi connectivity index (χ4n) is 5.17. The minimum absolute atomic E-state index is 0.00400. The minimum Gasteiger partial charge on any atom is -0.342 e. The van der Waals surface area contributed by atoms with Crippen LogP contribution in [-0.2, 0) is 14.4 Å². The van der Waals surface area contributed by atoms with E-state index in [1.807, 2.05) is 41.3 Å². The van der Waals surface area contributed by atoms with Gasteiger partial charge in [0.15, 0.2) is 5.82 Å². The fourth-order valence-corrected chi connectivity index (χ4v) is 6.33. The zero-order chi connectivity index (χ0) is 28.3. The first-order valence-electron chi connectivity index (χ1n) is 13.7. The van der Waals surface area contributed by atoms with Gasteiger partial charge in [0.1, 0.15) is 12.1 Å². The second-order valence-electron chi connectivity index (χ2n) is 11.0. The molecule has 0 saturated carbocycles. The van der Waals surface area contributed by atoms with Crippen LogP contribution < -0.4 is 16.4 Å². The molecule has 10 heteroatoms. The molecule has 1 aromatic carbocycles. The van der Waals surface area contributed by atoms with Crippen molar-refractivity contribution in [2.45, 2.75) is 62.4 Å². The minimum atomic E-state index is -1.15. The number of carbonyl (C=O) groups is 3. The molecule has 2 aromatic rings. The number of nitrogens with zero attached hydrogens (tertiary/aromatic N) is 3. The predicted molar refractivity (Wildman–Crippen MR) is 157 cm³/mol. The Balaban J connectivity index is 1.36. The first-order valence-corrected chi connectivity index (χ1v) is 14.6. The highest BCUT2D eigenvalue weighted by molar-refractivity contribution is 8.03. The summed E-state index contributed by atoms with van der Waals surface area (Å²) in [5.74, 6) is -0.506. The molecule has 1 aliphatic carbocycles. The third kappa shape index (κ3) is 6.23. The van der Waals surface area contributed by atoms with Crippen LogP contribution in [0.3, 0.4) is 0 Å². The maximum absolute atomic E-state index is 13.6. The van der Waals surface area contributed by atoms with E-state index in [1.165, 1.54) is 5.57 Å². The summed E-state index contributed by atoms with van der Waals surface area (Å²) in [5, 5.41) is 8.12. The second-order valence-corrected chi connectivity index (χ2v) is 12.1. The van der Waals surface area contributed by atoms with Crippen LogP contribution in [0.5, 0.6) is 0 Å². The summed E-state index contributed by atoms with van der Waals surface area (Å²) in [7, 11) is 0. The van der Waals surface area contributed by atoms with E-state index in [-0.39, 0.29) is 5.91 Å². The lowest BCUT2D eigenvalue weighted by Crippen LogP contribution is -2.55. The monoisotopic (exact) mass is 560 g/mol. The number of amides is 3. The lowest BCUT2D eigenvalue weighted by atomic mass is 9.93. The summed E-state index contributed by atoms with van der Waals surface area (Å²) in [4.78, 5) is 46.2. The predicted octanol–water partition coefficient (Wildman–Crippen LogP) is 3.53. The molecule has 40 heavy (non-hydrogen) atoms. The summed E-state index contributed by atoms with van der Waals surface area (Å²) in [6.07, 6.45) is 12.7. The highest BCUT2D eigenvalue weighted by Gasteiger charge is 2.33. The van der Waals surface area contributed by atoms with Crippen LogP contribution in [0, 0.1) is 0 Å². The highest BCUT2D eigenvalue weighted by Crippen LogP contribution is 2.41. The number of imidazole rings is 1. The van der Waals surface area contributed by atoms with Gasteiger partial charge < -0.3 is 25.8 Å². The van der Waals surface area contributed by atoms with Gasteiger partial charge in [0, 0.05) is 31.0 Å². The van der Waals surface area contributed by atoms with Crippen LogP contribution in [0.1, 0.15) is 51.1 Å². The van der Waals surface area contributed by atoms with Crippen molar-refractivity contribution < 1.29 is 14.4 Å². The molecule has 3 amide bonds. The molecular formula is C30H36N6O3S. The van der Waals surface area contributed by atoms with Crippen LogP contribution in [0.4, 0.5) is 5.82 Å². The van der Waals surface area contributed by atoms with Gasteiger partial charge in [0.25, 0.3) is 0 Å². The number of allylic oxidation sites excluding steroid dienone is 3. The van der Waals surface area contributed by atoms with Gasteiger partial charge in [0.2, 0.25) is 17.7 Å². The van der Waals surface area contributed by atoms with Gasteiger partial charge in [-0.2, -0.15) is 0 Å². The number of anilines is 1. The standard InChI is InChI=1S/C30H36N6O3S/c1-30(2,31)29(39)33-23(16-21-18-40-24-13-7-6-12-22(21)24)27(37)34-25-17-36(19-32-25)26(20-10-4-3-5-11-20)28(38)35-14-8-9-15-35/h3-7,10-12,17-19,23-24,26H,8-9,13-16,31H2,1-2H3,(H,33,39)(H,34,37)/t23-,24?,26?/m1/s1. The normalized spacial score (nSPS) is 19.9. The zero-order valence-corrected chi connectivity index (χ0v) is 23.7. The third-order valence-corrected chi connectivity index (χ3v) is 8.60. The van der Waals surface area contributed by atoms with E-state index in [4.69, 9.17) is 5.73 Å². The van der Waals surface area contributed by atoms with Crippen molar-refractivity contribution in [1.82, 2.24) is 19.8 Å². The summed E-state index contributed by atoms with van der Waals surface area (Å²) in [5.41, 5.74) is 7.94. The molecule has 1 aromatic heterocycles. The van der Waals surface area contributed by atoms with Crippen molar-refractivity contribution in [2.75, 3.05) is 18.4 Å². The largest absolute Gasteiger partial charge is 0.342 e. The maximum Gasteiger partial charge on any atom is 0.250 e. The Morgan fingerprint density at radius 1 is 1.18 bits per heavy atom. The molecule has 3 aliphatic rings. The van der Waals surface area contributed by atoms with Gasteiger partial charge in [-0.3, -0.25) is 14.4 Å². The molecule has 5 rings (SSSR count). The van der Waals surface area contributed by atoms with Crippen molar-refractivity contribution in [3.63, 3.8) is 0 Å². The lowest BCUT2D eigenvalue weighted by molar-refractivity contribution is -0.132. The number of likely N-dealkylation sites (tertiary alicyclic amines) is 1. The molecule has 1 fully saturated rings. The van der Waals surface area contributed by atoms with Gasteiger partial charge in [-0.1, -0.05) is 48.6 Å². The van der Waals surface area contributed by atoms with Crippen LogP contribution >= 0.6 is 11.8 Å². The zero-order valence-electron chi connectivity index (χ0n) is 22.9. The first kappa shape index (κ1) is 27.9. The number of aromatic nitrogens is 2. The molecule has 0 radical (unpaired) electrons. The van der Waals surface area contributed by atoms with Crippen molar-refractivity contribution in [3.8, 4) is 0 Å². The van der Waals surface area contributed by atoms with Gasteiger partial charge >= 0.3 is 0 Å². The Hall–Kier alpha value is -3.63. The highest BCUT2D eigenvalue weighted by atomic mass is 32.2. The van der Waals surface area contributed by atoms with Gasteiger partial charge in [-0.05, 0) is 55.2 Å². The molecule has 0 spiro atoms. The number of nitrogens with one attached hydrogen (secondary N) is 2. The molecule has 4 N–H and O–H groups in total. The number of thioether (sulfide) groups is 1. The van der Waals surface area contributed by atoms with E-state index in [1.54, 1.807) is 42.7 Å². The van der Waals surface area contributed by atoms with Crippen molar-refractivity contribution in [2.24, 2.45) is 5.73 Å². The van der Waals surface area contributed by atoms with Crippen LogP contribution in [0.25, 0.3) is 0 Å². The summed E-state index contributed by atoms with van der Waals surface area (Å²) >= 11 is 1.73. The Kier molecular flexibility index (Phi) is 8.27. The van der Waals surface area contributed by atoms with Crippen molar-refractivity contribution >= 4 is 35.3 Å². The second kappa shape index (κ2) is 11.9. The lowest BCUT2D eigenvalue weighted by Gasteiger charge is -2.25. The van der Waals surface area contributed by atoms with E-state index < -0.39 is 29.4 Å². The Bertz CT molecular complexity index is 1350. The van der Waals surface area contributed by atoms with E-state index in [9.17, 15) is 14.4 Å². The van der Waals surface area contributed by atoms with Gasteiger partial charge in [-0.15, -0.1) is 11.8 Å². The summed E-state index contributed by atoms with van der Waals surface area (Å²) in [6, 6.07) is 8.13. The number of hydrogen-bond donors (Lipinski definition) is 3. The van der Waals surface area contributed by atoms with Crippen LogP contribution in [0.15, 0.2) is 77.6 Å². The first-order chi connectivity index (χ1) is 19.2. The van der Waals surface area contributed by atoms with E-state index in [0.717, 1.165) is 43.5 Å². The quantitative estimate of drug-likeness (QED) is 0.431. The average molecular weight is 561 g/mol. The number of hydrogen-bond acceptors (Lipinski definition) is 6. The van der Waals surface area contributed by atoms with Crippen LogP contribution in [-0.4, -0.2) is 62.1 Å². The number of nitrogens with two attached hydrogens (primary N) is 1. The van der Waals surface area contributed by atoms with Crippen LogP contribution in [0.2, 0.25) is 0 Å². The SMILES string of the molecule is CC(C)(N)C(=O)N[C@H](CC1=CSC2CC=CC=C12)C(=O)Nc1cn(C(C(=O)N2CCCC2)c2ccccc2)cn1. The maximum atomic E-state index is 13.6. The smallest absolute Gasteiger partial charge is 0.250 e. The van der Waals surface area contributed by atoms with E-state index >= 15 is 0 Å². The molecule has 2 aliphatic heterocycles. The topological polar surface area (TPSA) is 122 Å². The van der Waals surface area contributed by atoms with Gasteiger partial charge in [0.05, 0.1) is 11.9 Å². The number of fused-ring (bicyclic) bond motifs is 1. The Morgan fingerprint density at radius 3 is 2.65 bits per heavy atom. The van der Waals surface area contributed by atoms with E-state index in [2.05, 4.69) is 33.2 Å². The summed E-state index contributed by atoms with van der Waals surface area (Å²) in [6.45, 7) is 4.69. The molecule has 3 atom stereocenters. The van der Waals surface area contributed by atoms with E-state index in [0.29, 0.717) is 17.5 Å². The molecule has 210 valence electrons. The number of rotatable bonds is 9. The number of carbonyl (C=O) groups excluding carboxylic acids is 3. The summed E-state index contributed by atoms with van der Waals surface area (Å²) < 4.78 is 1.74. The fraction of sp³-hybridized carbons (Fsp3) is 0.400. The molecule has 2 unspecified atom stereocenters. The average Bonchev–Trinajstić information content (AvgIpc) is 3.71. The van der Waals surface area contributed by atoms with Crippen molar-refractivity contribution in [1.29, 1.82) is 0 Å². The van der Waals surface area contributed by atoms with Gasteiger partial charge in [-0.25, -0.2) is 4.98 Å².